The topological polar surface area (TPSA) is 56.3 Å². The number of aryl methyl sites for hydroxylation is 2. The molecule has 0 amide bonds. The summed E-state index contributed by atoms with van der Waals surface area (Å²) in [6.07, 6.45) is 0. The maximum Gasteiger partial charge on any atom is 0.180 e. The highest BCUT2D eigenvalue weighted by atomic mass is 16.5. The fourth-order valence-electron chi connectivity index (χ4n) is 3.87. The molecule has 1 aliphatic carbocycles. The first kappa shape index (κ1) is 18.4. The first-order chi connectivity index (χ1) is 13.1. The van der Waals surface area contributed by atoms with Crippen molar-refractivity contribution in [2.45, 2.75) is 46.1 Å². The van der Waals surface area contributed by atoms with Gasteiger partial charge in [0, 0.05) is 16.5 Å². The average molecular weight is 373 g/mol. The van der Waals surface area contributed by atoms with Crippen LogP contribution >= 0.6 is 0 Å². The highest BCUT2D eigenvalue weighted by Gasteiger charge is 2.41. The number of hydrogen-bond donors (Lipinski definition) is 0. The van der Waals surface area contributed by atoms with Crippen LogP contribution in [0.5, 0.6) is 5.75 Å². The van der Waals surface area contributed by atoms with Gasteiger partial charge in [-0.1, -0.05) is 17.7 Å². The molecular weight excluding hydrogens is 350 g/mol. The molecular formula is C24H23NO3. The van der Waals surface area contributed by atoms with E-state index in [2.05, 4.69) is 4.98 Å². The number of rotatable bonds is 2. The summed E-state index contributed by atoms with van der Waals surface area (Å²) in [4.78, 5) is 30.6. The van der Waals surface area contributed by atoms with Crippen LogP contribution in [0.1, 0.15) is 64.2 Å². The summed E-state index contributed by atoms with van der Waals surface area (Å²) in [6.45, 7) is 9.81. The van der Waals surface area contributed by atoms with E-state index in [1.807, 2.05) is 65.0 Å². The van der Waals surface area contributed by atoms with Crippen molar-refractivity contribution in [3.8, 4) is 5.75 Å². The van der Waals surface area contributed by atoms with Crippen LogP contribution in [0.4, 0.5) is 0 Å². The van der Waals surface area contributed by atoms with E-state index in [4.69, 9.17) is 4.74 Å². The monoisotopic (exact) mass is 373 g/mol. The Labute approximate surface area is 164 Å². The van der Waals surface area contributed by atoms with Crippen molar-refractivity contribution in [3.63, 3.8) is 0 Å². The minimum absolute atomic E-state index is 0.156. The van der Waals surface area contributed by atoms with Gasteiger partial charge < -0.3 is 4.74 Å². The molecule has 0 aliphatic heterocycles. The van der Waals surface area contributed by atoms with Gasteiger partial charge in [-0.3, -0.25) is 14.6 Å². The molecule has 1 aliphatic rings. The summed E-state index contributed by atoms with van der Waals surface area (Å²) in [7, 11) is 0. The largest absolute Gasteiger partial charge is 0.488 e. The number of hydrogen-bond acceptors (Lipinski definition) is 4. The number of pyridine rings is 1. The molecule has 0 radical (unpaired) electrons. The fourth-order valence-corrected chi connectivity index (χ4v) is 3.87. The highest BCUT2D eigenvalue weighted by Crippen LogP contribution is 2.36. The lowest BCUT2D eigenvalue weighted by Gasteiger charge is -2.21. The van der Waals surface area contributed by atoms with Crippen LogP contribution in [0.15, 0.2) is 42.5 Å². The lowest BCUT2D eigenvalue weighted by Crippen LogP contribution is -2.22. The van der Waals surface area contributed by atoms with E-state index in [9.17, 15) is 9.59 Å². The zero-order valence-electron chi connectivity index (χ0n) is 16.8. The second-order valence-electron chi connectivity index (χ2n) is 8.47. The lowest BCUT2D eigenvalue weighted by atomic mass is 9.97. The summed E-state index contributed by atoms with van der Waals surface area (Å²) in [5.74, 6) is -0.408. The Kier molecular flexibility index (Phi) is 4.11. The molecule has 0 saturated heterocycles. The smallest absolute Gasteiger partial charge is 0.180 e. The van der Waals surface area contributed by atoms with Crippen LogP contribution in [0.2, 0.25) is 0 Å². The molecule has 28 heavy (non-hydrogen) atoms. The molecule has 1 unspecified atom stereocenters. The number of fused-ring (bicyclic) bond motifs is 2. The summed E-state index contributed by atoms with van der Waals surface area (Å²) in [5, 5.41) is 0.910. The van der Waals surface area contributed by atoms with E-state index < -0.39 is 5.92 Å². The van der Waals surface area contributed by atoms with Crippen LogP contribution in [0.25, 0.3) is 10.9 Å². The molecule has 3 aromatic rings. The number of Topliss-reactive ketones (excluding diaryl/α,β-unsaturated/α-hetero) is 2. The summed E-state index contributed by atoms with van der Waals surface area (Å²) in [6, 6.07) is 13.1. The Balaban J connectivity index is 1.74. The van der Waals surface area contributed by atoms with Crippen molar-refractivity contribution in [1.29, 1.82) is 0 Å². The Morgan fingerprint density at radius 1 is 0.929 bits per heavy atom. The Hall–Kier alpha value is -3.01. The molecule has 0 spiro atoms. The van der Waals surface area contributed by atoms with Gasteiger partial charge in [0.05, 0.1) is 11.2 Å². The van der Waals surface area contributed by atoms with Gasteiger partial charge in [-0.15, -0.1) is 0 Å². The van der Waals surface area contributed by atoms with Gasteiger partial charge in [-0.05, 0) is 70.5 Å². The average Bonchev–Trinajstić information content (AvgIpc) is 2.84. The molecule has 1 atom stereocenters. The van der Waals surface area contributed by atoms with Crippen molar-refractivity contribution in [3.05, 3.63) is 70.4 Å². The Bertz CT molecular complexity index is 1140. The zero-order chi connectivity index (χ0) is 20.2. The van der Waals surface area contributed by atoms with Crippen LogP contribution in [-0.4, -0.2) is 22.2 Å². The van der Waals surface area contributed by atoms with E-state index >= 15 is 0 Å². The second-order valence-corrected chi connectivity index (χ2v) is 8.47. The maximum absolute atomic E-state index is 13.0. The minimum atomic E-state index is -0.856. The van der Waals surface area contributed by atoms with E-state index in [1.54, 1.807) is 12.1 Å². The van der Waals surface area contributed by atoms with E-state index in [0.29, 0.717) is 16.8 Å². The molecule has 0 bridgehead atoms. The highest BCUT2D eigenvalue weighted by molar-refractivity contribution is 6.30. The zero-order valence-corrected chi connectivity index (χ0v) is 16.8. The SMILES string of the molecule is Cc1cc(C)c2c(c1)C(=O)C(c1ccc3cc(OC(C)(C)C)ccc3n1)C2=O. The predicted octanol–water partition coefficient (Wildman–Crippen LogP) is 5.19. The van der Waals surface area contributed by atoms with Crippen LogP contribution in [0, 0.1) is 13.8 Å². The first-order valence-electron chi connectivity index (χ1n) is 9.43. The van der Waals surface area contributed by atoms with Crippen molar-refractivity contribution < 1.29 is 14.3 Å². The molecule has 4 heteroatoms. The second kappa shape index (κ2) is 6.26. The van der Waals surface area contributed by atoms with E-state index in [-0.39, 0.29) is 17.2 Å². The van der Waals surface area contributed by atoms with Gasteiger partial charge in [0.25, 0.3) is 0 Å². The number of nitrogens with zero attached hydrogens (tertiary/aromatic N) is 1. The summed E-state index contributed by atoms with van der Waals surface area (Å²) < 4.78 is 5.90. The number of aromatic nitrogens is 1. The molecule has 1 heterocycles. The molecule has 0 saturated carbocycles. The van der Waals surface area contributed by atoms with Crippen molar-refractivity contribution >= 4 is 22.5 Å². The van der Waals surface area contributed by atoms with Gasteiger partial charge in [0.15, 0.2) is 11.6 Å². The third kappa shape index (κ3) is 3.09. The number of ketones is 2. The summed E-state index contributed by atoms with van der Waals surface area (Å²) in [5.41, 5.74) is 3.84. The lowest BCUT2D eigenvalue weighted by molar-refractivity contribution is 0.0888. The van der Waals surface area contributed by atoms with Crippen LogP contribution in [0.3, 0.4) is 0 Å². The minimum Gasteiger partial charge on any atom is -0.488 e. The third-order valence-corrected chi connectivity index (χ3v) is 4.92. The van der Waals surface area contributed by atoms with Crippen LogP contribution < -0.4 is 4.74 Å². The van der Waals surface area contributed by atoms with Gasteiger partial charge in [0.1, 0.15) is 17.3 Å². The van der Waals surface area contributed by atoms with Crippen molar-refractivity contribution in [2.75, 3.05) is 0 Å². The standard InChI is InChI=1S/C24H23NO3/c1-13-10-14(2)20-17(11-13)22(26)21(23(20)27)19-8-6-15-12-16(28-24(3,4)5)7-9-18(15)25-19/h6-12,21H,1-5H3. The first-order valence-corrected chi connectivity index (χ1v) is 9.43. The predicted molar refractivity (Wildman–Crippen MR) is 109 cm³/mol. The Morgan fingerprint density at radius 2 is 1.68 bits per heavy atom. The molecule has 1 aromatic heterocycles. The molecule has 4 nitrogen and oxygen atoms in total. The number of benzene rings is 2. The van der Waals surface area contributed by atoms with Gasteiger partial charge in [-0.25, -0.2) is 0 Å². The third-order valence-electron chi connectivity index (χ3n) is 4.92. The number of carbonyl (C=O) groups is 2. The number of carbonyl (C=O) groups excluding carboxylic acids is 2. The van der Waals surface area contributed by atoms with Gasteiger partial charge >= 0.3 is 0 Å². The molecule has 0 fully saturated rings. The van der Waals surface area contributed by atoms with E-state index in [1.165, 1.54) is 0 Å². The molecule has 0 N–H and O–H groups in total. The van der Waals surface area contributed by atoms with E-state index in [0.717, 1.165) is 27.8 Å². The summed E-state index contributed by atoms with van der Waals surface area (Å²) >= 11 is 0. The van der Waals surface area contributed by atoms with Crippen molar-refractivity contribution in [1.82, 2.24) is 4.98 Å². The molecule has 142 valence electrons. The molecule has 4 rings (SSSR count). The Morgan fingerprint density at radius 3 is 2.39 bits per heavy atom. The van der Waals surface area contributed by atoms with Gasteiger partial charge in [0.2, 0.25) is 0 Å². The quantitative estimate of drug-likeness (QED) is 0.580. The van der Waals surface area contributed by atoms with Gasteiger partial charge in [-0.2, -0.15) is 0 Å². The van der Waals surface area contributed by atoms with Crippen LogP contribution in [-0.2, 0) is 0 Å². The van der Waals surface area contributed by atoms with Crippen molar-refractivity contribution in [2.24, 2.45) is 0 Å². The molecule has 2 aromatic carbocycles. The fraction of sp³-hybridized carbons (Fsp3) is 0.292. The maximum atomic E-state index is 13.0. The number of ether oxygens (including phenoxy) is 1. The normalized spacial score (nSPS) is 16.5.